The standard InChI is InChI=1S/C16H21N3O2/c1-11-15(9-17-13-5-6-13)16(19(2)18-11)21-14-7-3-12(10-20)4-8-14/h3-4,7-8,13,17,20H,5-6,9-10H2,1-2H3. The number of rotatable bonds is 6. The Morgan fingerprint density at radius 2 is 2.05 bits per heavy atom. The Balaban J connectivity index is 1.78. The molecule has 21 heavy (non-hydrogen) atoms. The summed E-state index contributed by atoms with van der Waals surface area (Å²) in [6, 6.07) is 8.11. The van der Waals surface area contributed by atoms with Gasteiger partial charge in [-0.15, -0.1) is 0 Å². The highest BCUT2D eigenvalue weighted by Gasteiger charge is 2.23. The molecule has 0 aliphatic heterocycles. The molecule has 0 amide bonds. The van der Waals surface area contributed by atoms with Gasteiger partial charge in [0.15, 0.2) is 0 Å². The van der Waals surface area contributed by atoms with Crippen molar-refractivity contribution in [2.75, 3.05) is 0 Å². The third-order valence-electron chi connectivity index (χ3n) is 3.75. The minimum absolute atomic E-state index is 0.0433. The van der Waals surface area contributed by atoms with Crippen molar-refractivity contribution in [2.24, 2.45) is 7.05 Å². The second-order valence-electron chi connectivity index (χ2n) is 5.55. The first-order valence-corrected chi connectivity index (χ1v) is 7.31. The lowest BCUT2D eigenvalue weighted by atomic mass is 10.2. The van der Waals surface area contributed by atoms with Crippen LogP contribution in [-0.4, -0.2) is 20.9 Å². The van der Waals surface area contributed by atoms with E-state index in [1.807, 2.05) is 38.2 Å². The van der Waals surface area contributed by atoms with Gasteiger partial charge in [0.2, 0.25) is 5.88 Å². The third kappa shape index (κ3) is 3.25. The van der Waals surface area contributed by atoms with Crippen LogP contribution < -0.4 is 10.1 Å². The minimum atomic E-state index is 0.0433. The van der Waals surface area contributed by atoms with Crippen LogP contribution in [-0.2, 0) is 20.2 Å². The van der Waals surface area contributed by atoms with Gasteiger partial charge in [0, 0.05) is 19.6 Å². The van der Waals surface area contributed by atoms with E-state index in [-0.39, 0.29) is 6.61 Å². The van der Waals surface area contributed by atoms with E-state index >= 15 is 0 Å². The summed E-state index contributed by atoms with van der Waals surface area (Å²) in [4.78, 5) is 0. The summed E-state index contributed by atoms with van der Waals surface area (Å²) in [5.74, 6) is 1.53. The largest absolute Gasteiger partial charge is 0.439 e. The molecule has 0 saturated heterocycles. The molecule has 2 N–H and O–H groups in total. The summed E-state index contributed by atoms with van der Waals surface area (Å²) in [5, 5.41) is 17.0. The third-order valence-corrected chi connectivity index (χ3v) is 3.75. The fourth-order valence-corrected chi connectivity index (χ4v) is 2.32. The molecule has 0 unspecified atom stereocenters. The topological polar surface area (TPSA) is 59.3 Å². The van der Waals surface area contributed by atoms with Crippen molar-refractivity contribution in [1.29, 1.82) is 0 Å². The number of hydrogen-bond acceptors (Lipinski definition) is 4. The molecule has 1 aliphatic rings. The Bertz CT molecular complexity index is 615. The van der Waals surface area contributed by atoms with Crippen molar-refractivity contribution in [3.8, 4) is 11.6 Å². The second-order valence-corrected chi connectivity index (χ2v) is 5.55. The number of aromatic nitrogens is 2. The normalized spacial score (nSPS) is 14.4. The van der Waals surface area contributed by atoms with Crippen LogP contribution in [0.4, 0.5) is 0 Å². The van der Waals surface area contributed by atoms with Gasteiger partial charge in [-0.2, -0.15) is 5.10 Å². The van der Waals surface area contributed by atoms with Gasteiger partial charge in [0.25, 0.3) is 0 Å². The number of nitrogens with zero attached hydrogens (tertiary/aromatic N) is 2. The maximum Gasteiger partial charge on any atom is 0.222 e. The van der Waals surface area contributed by atoms with Crippen LogP contribution >= 0.6 is 0 Å². The maximum absolute atomic E-state index is 9.07. The predicted octanol–water partition coefficient (Wildman–Crippen LogP) is 2.27. The van der Waals surface area contributed by atoms with Gasteiger partial charge in [-0.05, 0) is 37.5 Å². The monoisotopic (exact) mass is 287 g/mol. The molecule has 112 valence electrons. The molecule has 2 aromatic rings. The zero-order valence-corrected chi connectivity index (χ0v) is 12.5. The van der Waals surface area contributed by atoms with E-state index in [0.717, 1.165) is 35.0 Å². The average molecular weight is 287 g/mol. The van der Waals surface area contributed by atoms with Crippen LogP contribution in [0.2, 0.25) is 0 Å². The summed E-state index contributed by atoms with van der Waals surface area (Å²) in [6.45, 7) is 2.84. The van der Waals surface area contributed by atoms with Crippen LogP contribution in [0.3, 0.4) is 0 Å². The number of aliphatic hydroxyl groups excluding tert-OH is 1. The second kappa shape index (κ2) is 5.87. The van der Waals surface area contributed by atoms with Gasteiger partial charge in [-0.1, -0.05) is 12.1 Å². The molecule has 0 spiro atoms. The van der Waals surface area contributed by atoms with Crippen LogP contribution in [0.5, 0.6) is 11.6 Å². The van der Waals surface area contributed by atoms with Crippen LogP contribution in [0, 0.1) is 6.92 Å². The van der Waals surface area contributed by atoms with Crippen molar-refractivity contribution in [3.05, 3.63) is 41.1 Å². The molecule has 1 fully saturated rings. The van der Waals surface area contributed by atoms with Gasteiger partial charge in [-0.25, -0.2) is 4.68 Å². The number of hydrogen-bond donors (Lipinski definition) is 2. The Morgan fingerprint density at radius 1 is 1.33 bits per heavy atom. The van der Waals surface area contributed by atoms with E-state index < -0.39 is 0 Å². The number of ether oxygens (including phenoxy) is 1. The lowest BCUT2D eigenvalue weighted by molar-refractivity contribution is 0.281. The van der Waals surface area contributed by atoms with Crippen molar-refractivity contribution >= 4 is 0 Å². The van der Waals surface area contributed by atoms with Gasteiger partial charge in [0.1, 0.15) is 5.75 Å². The van der Waals surface area contributed by atoms with E-state index in [0.29, 0.717) is 6.04 Å². The van der Waals surface area contributed by atoms with E-state index in [1.165, 1.54) is 12.8 Å². The molecular weight excluding hydrogens is 266 g/mol. The summed E-state index contributed by atoms with van der Waals surface area (Å²) >= 11 is 0. The van der Waals surface area contributed by atoms with Gasteiger partial charge in [0.05, 0.1) is 17.9 Å². The fourth-order valence-electron chi connectivity index (χ4n) is 2.32. The quantitative estimate of drug-likeness (QED) is 0.855. The average Bonchev–Trinajstić information content (AvgIpc) is 3.27. The van der Waals surface area contributed by atoms with E-state index in [2.05, 4.69) is 10.4 Å². The first kappa shape index (κ1) is 14.1. The Kier molecular flexibility index (Phi) is 3.94. The Labute approximate surface area is 124 Å². The molecule has 1 aromatic heterocycles. The number of benzene rings is 1. The zero-order valence-electron chi connectivity index (χ0n) is 12.5. The molecule has 0 bridgehead atoms. The molecule has 5 heteroatoms. The molecule has 3 rings (SSSR count). The predicted molar refractivity (Wildman–Crippen MR) is 80.2 cm³/mol. The zero-order chi connectivity index (χ0) is 14.8. The first-order valence-electron chi connectivity index (χ1n) is 7.31. The highest BCUT2D eigenvalue weighted by Crippen LogP contribution is 2.28. The Hall–Kier alpha value is -1.85. The summed E-state index contributed by atoms with van der Waals surface area (Å²) in [7, 11) is 1.89. The van der Waals surface area contributed by atoms with Gasteiger partial charge >= 0.3 is 0 Å². The molecule has 0 radical (unpaired) electrons. The number of aliphatic hydroxyl groups is 1. The van der Waals surface area contributed by atoms with Gasteiger partial charge in [-0.3, -0.25) is 0 Å². The summed E-state index contributed by atoms with van der Waals surface area (Å²) in [6.07, 6.45) is 2.52. The maximum atomic E-state index is 9.07. The smallest absolute Gasteiger partial charge is 0.222 e. The van der Waals surface area contributed by atoms with E-state index in [4.69, 9.17) is 9.84 Å². The molecule has 1 aliphatic carbocycles. The highest BCUT2D eigenvalue weighted by atomic mass is 16.5. The van der Waals surface area contributed by atoms with Crippen molar-refractivity contribution in [2.45, 2.75) is 39.0 Å². The van der Waals surface area contributed by atoms with Crippen molar-refractivity contribution in [1.82, 2.24) is 15.1 Å². The van der Waals surface area contributed by atoms with E-state index in [1.54, 1.807) is 4.68 Å². The lowest BCUT2D eigenvalue weighted by Gasteiger charge is -2.10. The minimum Gasteiger partial charge on any atom is -0.439 e. The molecule has 5 nitrogen and oxygen atoms in total. The number of aryl methyl sites for hydroxylation is 2. The molecule has 1 saturated carbocycles. The first-order chi connectivity index (χ1) is 10.2. The molecule has 1 aromatic carbocycles. The van der Waals surface area contributed by atoms with Gasteiger partial charge < -0.3 is 15.2 Å². The Morgan fingerprint density at radius 3 is 2.67 bits per heavy atom. The summed E-state index contributed by atoms with van der Waals surface area (Å²) < 4.78 is 7.77. The molecule has 0 atom stereocenters. The van der Waals surface area contributed by atoms with Crippen molar-refractivity contribution < 1.29 is 9.84 Å². The SMILES string of the molecule is Cc1nn(C)c(Oc2ccc(CO)cc2)c1CNC1CC1. The van der Waals surface area contributed by atoms with E-state index in [9.17, 15) is 0 Å². The summed E-state index contributed by atoms with van der Waals surface area (Å²) in [5.41, 5.74) is 2.97. The molecule has 1 heterocycles. The van der Waals surface area contributed by atoms with Crippen LogP contribution in [0.1, 0.15) is 29.7 Å². The lowest BCUT2D eigenvalue weighted by Crippen LogP contribution is -2.16. The van der Waals surface area contributed by atoms with Crippen LogP contribution in [0.25, 0.3) is 0 Å². The van der Waals surface area contributed by atoms with Crippen LogP contribution in [0.15, 0.2) is 24.3 Å². The number of nitrogens with one attached hydrogen (secondary N) is 1. The highest BCUT2D eigenvalue weighted by molar-refractivity contribution is 5.36. The molecular formula is C16H21N3O2. The fraction of sp³-hybridized carbons (Fsp3) is 0.438. The van der Waals surface area contributed by atoms with Crippen molar-refractivity contribution in [3.63, 3.8) is 0 Å².